The molecule has 0 aliphatic carbocycles. The molecule has 1 aliphatic heterocycles. The molecule has 0 aromatic carbocycles. The number of carbonyl (C=O) groups excluding carboxylic acids is 1. The monoisotopic (exact) mass is 336 g/mol. The van der Waals surface area contributed by atoms with Crippen LogP contribution in [-0.2, 0) is 0 Å². The second-order valence-corrected chi connectivity index (χ2v) is 6.24. The fraction of sp³-hybridized carbons (Fsp3) is 0.286. The lowest BCUT2D eigenvalue weighted by molar-refractivity contribution is 0.0736. The third kappa shape index (κ3) is 2.44. The molecular formula is C14H13BrN2OS. The maximum atomic E-state index is 12.6. The highest BCUT2D eigenvalue weighted by atomic mass is 79.9. The molecule has 1 saturated heterocycles. The molecule has 0 bridgehead atoms. The van der Waals surface area contributed by atoms with Gasteiger partial charge in [-0.1, -0.05) is 6.07 Å². The molecule has 2 aromatic rings. The summed E-state index contributed by atoms with van der Waals surface area (Å²) in [7, 11) is 0. The van der Waals surface area contributed by atoms with Crippen molar-refractivity contribution in [3.05, 3.63) is 50.9 Å². The average Bonchev–Trinajstić information content (AvgIpc) is 3.09. The van der Waals surface area contributed by atoms with Crippen molar-refractivity contribution in [2.75, 3.05) is 6.54 Å². The Labute approximate surface area is 124 Å². The molecule has 0 spiro atoms. The third-order valence-corrected chi connectivity index (χ3v) is 4.98. The Hall–Kier alpha value is -1.20. The first-order chi connectivity index (χ1) is 9.27. The van der Waals surface area contributed by atoms with Crippen molar-refractivity contribution >= 4 is 33.2 Å². The van der Waals surface area contributed by atoms with Gasteiger partial charge in [-0.2, -0.15) is 0 Å². The molecule has 0 radical (unpaired) electrons. The van der Waals surface area contributed by atoms with Gasteiger partial charge < -0.3 is 4.90 Å². The number of hydrogen-bond donors (Lipinski definition) is 0. The lowest BCUT2D eigenvalue weighted by Crippen LogP contribution is -2.30. The molecule has 0 saturated carbocycles. The van der Waals surface area contributed by atoms with Crippen molar-refractivity contribution in [1.29, 1.82) is 0 Å². The van der Waals surface area contributed by atoms with Crippen LogP contribution >= 0.6 is 27.3 Å². The van der Waals surface area contributed by atoms with Crippen LogP contribution in [0.2, 0.25) is 0 Å². The van der Waals surface area contributed by atoms with Gasteiger partial charge in [-0.15, -0.1) is 11.3 Å². The van der Waals surface area contributed by atoms with E-state index in [0.29, 0.717) is 10.2 Å². The summed E-state index contributed by atoms with van der Waals surface area (Å²) < 4.78 is 0.622. The van der Waals surface area contributed by atoms with E-state index < -0.39 is 0 Å². The maximum absolute atomic E-state index is 12.6. The largest absolute Gasteiger partial charge is 0.331 e. The summed E-state index contributed by atoms with van der Waals surface area (Å²) in [4.78, 5) is 20.0. The van der Waals surface area contributed by atoms with Crippen LogP contribution in [0, 0.1) is 0 Å². The fourth-order valence-corrected chi connectivity index (χ4v) is 3.78. The van der Waals surface area contributed by atoms with Gasteiger partial charge in [0.2, 0.25) is 0 Å². The fourth-order valence-electron chi connectivity index (χ4n) is 2.49. The Morgan fingerprint density at radius 2 is 2.32 bits per heavy atom. The molecule has 1 atom stereocenters. The minimum absolute atomic E-state index is 0.0656. The van der Waals surface area contributed by atoms with E-state index in [-0.39, 0.29) is 11.9 Å². The third-order valence-electron chi connectivity index (χ3n) is 3.37. The van der Waals surface area contributed by atoms with Crippen molar-refractivity contribution in [3.63, 3.8) is 0 Å². The molecule has 3 heterocycles. The standard InChI is InChI=1S/C14H13BrN2OS/c15-13-10(4-1-7-16-13)14(18)17-8-2-5-11(17)12-6-3-9-19-12/h1,3-4,6-7,9,11H,2,5,8H2. The first-order valence-electron chi connectivity index (χ1n) is 6.22. The zero-order chi connectivity index (χ0) is 13.2. The van der Waals surface area contributed by atoms with E-state index >= 15 is 0 Å². The van der Waals surface area contributed by atoms with Gasteiger partial charge in [0.05, 0.1) is 11.6 Å². The van der Waals surface area contributed by atoms with E-state index in [1.54, 1.807) is 23.6 Å². The molecular weight excluding hydrogens is 324 g/mol. The van der Waals surface area contributed by atoms with Crippen molar-refractivity contribution in [3.8, 4) is 0 Å². The van der Waals surface area contributed by atoms with Gasteiger partial charge in [0.1, 0.15) is 4.60 Å². The second kappa shape index (κ2) is 5.43. The molecule has 1 fully saturated rings. The summed E-state index contributed by atoms with van der Waals surface area (Å²) in [5.41, 5.74) is 0.644. The summed E-state index contributed by atoms with van der Waals surface area (Å²) in [6, 6.07) is 8.00. The van der Waals surface area contributed by atoms with E-state index in [9.17, 15) is 4.79 Å². The van der Waals surface area contributed by atoms with E-state index in [4.69, 9.17) is 0 Å². The number of rotatable bonds is 2. The lowest BCUT2D eigenvalue weighted by Gasteiger charge is -2.24. The van der Waals surface area contributed by atoms with Gasteiger partial charge in [-0.3, -0.25) is 4.79 Å². The topological polar surface area (TPSA) is 33.2 Å². The molecule has 98 valence electrons. The minimum Gasteiger partial charge on any atom is -0.331 e. The number of thiophene rings is 1. The number of nitrogens with zero attached hydrogens (tertiary/aromatic N) is 2. The van der Waals surface area contributed by atoms with Crippen LogP contribution in [0.25, 0.3) is 0 Å². The zero-order valence-electron chi connectivity index (χ0n) is 10.3. The highest BCUT2D eigenvalue weighted by Crippen LogP contribution is 2.35. The Balaban J connectivity index is 1.89. The van der Waals surface area contributed by atoms with E-state index in [2.05, 4.69) is 32.4 Å². The van der Waals surface area contributed by atoms with Crippen LogP contribution in [0.15, 0.2) is 40.4 Å². The van der Waals surface area contributed by atoms with Crippen LogP contribution in [0.5, 0.6) is 0 Å². The number of halogens is 1. The maximum Gasteiger partial charge on any atom is 0.257 e. The smallest absolute Gasteiger partial charge is 0.257 e. The molecule has 0 N–H and O–H groups in total. The number of hydrogen-bond acceptors (Lipinski definition) is 3. The van der Waals surface area contributed by atoms with Crippen molar-refractivity contribution in [2.45, 2.75) is 18.9 Å². The molecule has 1 amide bonds. The van der Waals surface area contributed by atoms with Gasteiger partial charge in [0, 0.05) is 17.6 Å². The Morgan fingerprint density at radius 1 is 1.42 bits per heavy atom. The Morgan fingerprint density at radius 3 is 3.05 bits per heavy atom. The quantitative estimate of drug-likeness (QED) is 0.779. The molecule has 1 unspecified atom stereocenters. The molecule has 5 heteroatoms. The van der Waals surface area contributed by atoms with Crippen LogP contribution in [0.4, 0.5) is 0 Å². The first kappa shape index (κ1) is 12.8. The van der Waals surface area contributed by atoms with Crippen molar-refractivity contribution in [1.82, 2.24) is 9.88 Å². The summed E-state index contributed by atoms with van der Waals surface area (Å²) in [6.07, 6.45) is 3.79. The average molecular weight is 337 g/mol. The van der Waals surface area contributed by atoms with Gasteiger partial charge in [-0.25, -0.2) is 4.98 Å². The number of amides is 1. The summed E-state index contributed by atoms with van der Waals surface area (Å²) >= 11 is 5.08. The minimum atomic E-state index is 0.0656. The number of pyridine rings is 1. The second-order valence-electron chi connectivity index (χ2n) is 4.51. The summed E-state index contributed by atoms with van der Waals surface area (Å²) in [5, 5.41) is 2.07. The Kier molecular flexibility index (Phi) is 3.66. The van der Waals surface area contributed by atoms with E-state index in [1.165, 1.54) is 4.88 Å². The van der Waals surface area contributed by atoms with Crippen LogP contribution in [0.1, 0.15) is 34.1 Å². The van der Waals surface area contributed by atoms with Gasteiger partial charge >= 0.3 is 0 Å². The van der Waals surface area contributed by atoms with Crippen LogP contribution in [-0.4, -0.2) is 22.3 Å². The molecule has 19 heavy (non-hydrogen) atoms. The van der Waals surface area contributed by atoms with Crippen molar-refractivity contribution in [2.24, 2.45) is 0 Å². The highest BCUT2D eigenvalue weighted by Gasteiger charge is 2.31. The summed E-state index contributed by atoms with van der Waals surface area (Å²) in [5.74, 6) is 0.0656. The number of carbonyl (C=O) groups is 1. The molecule has 3 nitrogen and oxygen atoms in total. The van der Waals surface area contributed by atoms with Gasteiger partial charge in [-0.05, 0) is 52.4 Å². The molecule has 3 rings (SSSR count). The van der Waals surface area contributed by atoms with E-state index in [1.807, 2.05) is 17.0 Å². The molecule has 1 aliphatic rings. The van der Waals surface area contributed by atoms with Crippen molar-refractivity contribution < 1.29 is 4.79 Å². The predicted octanol–water partition coefficient (Wildman–Crippen LogP) is 3.88. The Bertz CT molecular complexity index is 585. The number of aromatic nitrogens is 1. The molecule has 2 aromatic heterocycles. The van der Waals surface area contributed by atoms with Crippen LogP contribution in [0.3, 0.4) is 0 Å². The zero-order valence-corrected chi connectivity index (χ0v) is 12.7. The SMILES string of the molecule is O=C(c1cccnc1Br)N1CCCC1c1cccs1. The predicted molar refractivity (Wildman–Crippen MR) is 79.3 cm³/mol. The lowest BCUT2D eigenvalue weighted by atomic mass is 10.1. The summed E-state index contributed by atoms with van der Waals surface area (Å²) in [6.45, 7) is 0.822. The van der Waals surface area contributed by atoms with E-state index in [0.717, 1.165) is 19.4 Å². The highest BCUT2D eigenvalue weighted by molar-refractivity contribution is 9.10. The van der Waals surface area contributed by atoms with Gasteiger partial charge in [0.25, 0.3) is 5.91 Å². The number of likely N-dealkylation sites (tertiary alicyclic amines) is 1. The normalized spacial score (nSPS) is 18.8. The first-order valence-corrected chi connectivity index (χ1v) is 7.89. The van der Waals surface area contributed by atoms with Gasteiger partial charge in [0.15, 0.2) is 0 Å². The van der Waals surface area contributed by atoms with Crippen LogP contribution < -0.4 is 0 Å².